The fourth-order valence-corrected chi connectivity index (χ4v) is 8.62. The van der Waals surface area contributed by atoms with E-state index in [0.717, 1.165) is 12.8 Å². The molecule has 0 nitrogen and oxygen atoms in total. The summed E-state index contributed by atoms with van der Waals surface area (Å²) < 4.78 is 0. The van der Waals surface area contributed by atoms with Gasteiger partial charge in [-0.25, -0.2) is 0 Å². The number of hydrogen-bond acceptors (Lipinski definition) is 0. The van der Waals surface area contributed by atoms with E-state index in [2.05, 4.69) is 214 Å². The number of hydrogen-bond donors (Lipinski definition) is 0. The topological polar surface area (TPSA) is 0 Å². The lowest BCUT2D eigenvalue weighted by molar-refractivity contribution is 0.657. The summed E-state index contributed by atoms with van der Waals surface area (Å²) in [5.41, 5.74) is 19.7. The molecule has 0 aliphatic heterocycles. The Bertz CT molecular complexity index is 2420. The molecule has 0 saturated carbocycles. The highest BCUT2D eigenvalue weighted by atomic mass is 14.4. The number of rotatable bonds is 9. The molecule has 0 amide bonds. The molecular weight excluding hydrogens is 649 g/mol. The van der Waals surface area contributed by atoms with E-state index < -0.39 is 0 Å². The second-order valence-electron chi connectivity index (χ2n) is 15.2. The lowest BCUT2D eigenvalue weighted by Gasteiger charge is -2.23. The van der Waals surface area contributed by atoms with Crippen LogP contribution in [0.25, 0.3) is 55.6 Å². The van der Waals surface area contributed by atoms with Crippen molar-refractivity contribution in [1.82, 2.24) is 0 Å². The van der Waals surface area contributed by atoms with Crippen LogP contribution in [0.1, 0.15) is 54.0 Å². The first-order valence-corrected chi connectivity index (χ1v) is 19.3. The first-order chi connectivity index (χ1) is 26.5. The van der Waals surface area contributed by atoms with Crippen molar-refractivity contribution in [3.63, 3.8) is 0 Å². The molecule has 8 aromatic rings. The molecule has 0 atom stereocenters. The summed E-state index contributed by atoms with van der Waals surface area (Å²) in [5, 5.41) is 0. The van der Waals surface area contributed by atoms with Gasteiger partial charge >= 0.3 is 0 Å². The lowest BCUT2D eigenvalue weighted by atomic mass is 9.80. The Labute approximate surface area is 320 Å². The van der Waals surface area contributed by atoms with Crippen LogP contribution in [0.3, 0.4) is 0 Å². The van der Waals surface area contributed by atoms with Crippen molar-refractivity contribution in [2.24, 2.45) is 0 Å². The van der Waals surface area contributed by atoms with Gasteiger partial charge in [0.15, 0.2) is 0 Å². The van der Waals surface area contributed by atoms with Gasteiger partial charge in [-0.2, -0.15) is 0 Å². The average Bonchev–Trinajstić information content (AvgIpc) is 3.48. The summed E-state index contributed by atoms with van der Waals surface area (Å²) in [5.74, 6) is 0.281. The zero-order valence-electron chi connectivity index (χ0n) is 31.0. The van der Waals surface area contributed by atoms with Gasteiger partial charge in [0.05, 0.1) is 0 Å². The fourth-order valence-electron chi connectivity index (χ4n) is 8.62. The number of benzene rings is 8. The second kappa shape index (κ2) is 14.3. The maximum atomic E-state index is 2.51. The largest absolute Gasteiger partial charge is 0.0622 e. The third-order valence-corrected chi connectivity index (χ3v) is 11.6. The van der Waals surface area contributed by atoms with Crippen molar-refractivity contribution in [1.29, 1.82) is 0 Å². The molecular formula is C54H44. The summed E-state index contributed by atoms with van der Waals surface area (Å²) in [6.45, 7) is 4.80. The Balaban J connectivity index is 1.02. The SMILES string of the molecule is CC1(C)c2cc(CCC(c3ccc(-c4ccccc4)cc3)c3ccc(-c4ccccc4)cc3)ccc2-c2c(-c3ccc(-c4ccccc4)cc3)cccc21. The number of fused-ring (bicyclic) bond motifs is 3. The van der Waals surface area contributed by atoms with Crippen molar-refractivity contribution >= 4 is 0 Å². The van der Waals surface area contributed by atoms with E-state index in [1.54, 1.807) is 0 Å². The van der Waals surface area contributed by atoms with Gasteiger partial charge in [0.1, 0.15) is 0 Å². The molecule has 1 aliphatic rings. The maximum absolute atomic E-state index is 2.51. The molecule has 9 rings (SSSR count). The molecule has 54 heavy (non-hydrogen) atoms. The van der Waals surface area contributed by atoms with Gasteiger partial charge in [-0.1, -0.05) is 214 Å². The average molecular weight is 693 g/mol. The molecule has 0 fully saturated rings. The molecule has 0 aromatic heterocycles. The van der Waals surface area contributed by atoms with Gasteiger partial charge in [-0.15, -0.1) is 0 Å². The van der Waals surface area contributed by atoms with Gasteiger partial charge in [0.2, 0.25) is 0 Å². The van der Waals surface area contributed by atoms with Gasteiger partial charge in [-0.05, 0) is 96.3 Å². The van der Waals surface area contributed by atoms with E-state index in [4.69, 9.17) is 0 Å². The highest BCUT2D eigenvalue weighted by molar-refractivity contribution is 5.93. The van der Waals surface area contributed by atoms with Crippen LogP contribution >= 0.6 is 0 Å². The van der Waals surface area contributed by atoms with E-state index in [1.165, 1.54) is 83.5 Å². The summed E-state index contributed by atoms with van der Waals surface area (Å²) in [6, 6.07) is 73.8. The zero-order valence-corrected chi connectivity index (χ0v) is 31.0. The van der Waals surface area contributed by atoms with Crippen molar-refractivity contribution < 1.29 is 0 Å². The predicted octanol–water partition coefficient (Wildman–Crippen LogP) is 14.4. The zero-order chi connectivity index (χ0) is 36.5. The van der Waals surface area contributed by atoms with Crippen LogP contribution in [-0.4, -0.2) is 0 Å². The van der Waals surface area contributed by atoms with Crippen LogP contribution in [0.2, 0.25) is 0 Å². The van der Waals surface area contributed by atoms with Crippen LogP contribution in [0.4, 0.5) is 0 Å². The maximum Gasteiger partial charge on any atom is 0.0159 e. The Morgan fingerprint density at radius 3 is 1.31 bits per heavy atom. The minimum absolute atomic E-state index is 0.0827. The van der Waals surface area contributed by atoms with Gasteiger partial charge < -0.3 is 0 Å². The van der Waals surface area contributed by atoms with Crippen LogP contribution in [0.5, 0.6) is 0 Å². The van der Waals surface area contributed by atoms with Crippen molar-refractivity contribution in [2.45, 2.75) is 38.0 Å². The normalized spacial score (nSPS) is 12.7. The lowest BCUT2D eigenvalue weighted by Crippen LogP contribution is -2.15. The summed E-state index contributed by atoms with van der Waals surface area (Å²) in [6.07, 6.45) is 2.03. The standard InChI is InChI=1S/C54H44/c1-54(2)51-20-12-19-49(47-33-27-44(28-34-47)41-17-10-5-11-18-41)53(51)50-36-22-38(37-52(50)54)21-35-48(45-29-23-42(24-30-45)39-13-6-3-7-14-39)46-31-25-43(26-32-46)40-15-8-4-9-16-40/h3-20,22-34,36-37,48H,21,35H2,1-2H3. The molecule has 260 valence electrons. The second-order valence-corrected chi connectivity index (χ2v) is 15.2. The van der Waals surface area contributed by atoms with Crippen LogP contribution in [0, 0.1) is 0 Å². The smallest absolute Gasteiger partial charge is 0.0159 e. The fraction of sp³-hybridized carbons (Fsp3) is 0.111. The molecule has 0 radical (unpaired) electrons. The molecule has 0 heteroatoms. The van der Waals surface area contributed by atoms with Crippen LogP contribution in [-0.2, 0) is 11.8 Å². The highest BCUT2D eigenvalue weighted by Gasteiger charge is 2.37. The van der Waals surface area contributed by atoms with Crippen molar-refractivity contribution in [3.8, 4) is 55.6 Å². The van der Waals surface area contributed by atoms with E-state index >= 15 is 0 Å². The summed E-state index contributed by atoms with van der Waals surface area (Å²) in [7, 11) is 0. The van der Waals surface area contributed by atoms with Gasteiger partial charge in [0.25, 0.3) is 0 Å². The summed E-state index contributed by atoms with van der Waals surface area (Å²) >= 11 is 0. The van der Waals surface area contributed by atoms with Crippen LogP contribution < -0.4 is 0 Å². The predicted molar refractivity (Wildman–Crippen MR) is 229 cm³/mol. The minimum atomic E-state index is -0.0827. The Kier molecular flexibility index (Phi) is 8.89. The van der Waals surface area contributed by atoms with Crippen molar-refractivity contribution in [3.05, 3.63) is 228 Å². The molecule has 0 saturated heterocycles. The molecule has 0 heterocycles. The third kappa shape index (κ3) is 6.39. The first-order valence-electron chi connectivity index (χ1n) is 19.3. The van der Waals surface area contributed by atoms with Crippen molar-refractivity contribution in [2.75, 3.05) is 0 Å². The monoisotopic (exact) mass is 692 g/mol. The van der Waals surface area contributed by atoms with Gasteiger partial charge in [0, 0.05) is 11.3 Å². The molecule has 0 unspecified atom stereocenters. The molecule has 8 aromatic carbocycles. The van der Waals surface area contributed by atoms with E-state index in [1.807, 2.05) is 0 Å². The quantitative estimate of drug-likeness (QED) is 0.141. The Morgan fingerprint density at radius 1 is 0.370 bits per heavy atom. The van der Waals surface area contributed by atoms with E-state index in [0.29, 0.717) is 0 Å². The van der Waals surface area contributed by atoms with Crippen LogP contribution in [0.15, 0.2) is 200 Å². The summed E-state index contributed by atoms with van der Waals surface area (Å²) in [4.78, 5) is 0. The number of aryl methyl sites for hydroxylation is 1. The molecule has 0 spiro atoms. The molecule has 0 N–H and O–H groups in total. The molecule has 0 bridgehead atoms. The molecule has 1 aliphatic carbocycles. The highest BCUT2D eigenvalue weighted by Crippen LogP contribution is 2.52. The first kappa shape index (κ1) is 33.6. The van der Waals surface area contributed by atoms with E-state index in [-0.39, 0.29) is 11.3 Å². The van der Waals surface area contributed by atoms with Gasteiger partial charge in [-0.3, -0.25) is 0 Å². The Hall–Kier alpha value is -6.24. The minimum Gasteiger partial charge on any atom is -0.0622 e. The Morgan fingerprint density at radius 2 is 0.815 bits per heavy atom. The third-order valence-electron chi connectivity index (χ3n) is 11.6. The van der Waals surface area contributed by atoms with E-state index in [9.17, 15) is 0 Å².